The zero-order valence-electron chi connectivity index (χ0n) is 18.3. The van der Waals surface area contributed by atoms with E-state index in [1.54, 1.807) is 11.3 Å². The summed E-state index contributed by atoms with van der Waals surface area (Å²) in [5, 5.41) is 2.95. The van der Waals surface area contributed by atoms with Crippen molar-refractivity contribution >= 4 is 38.9 Å². The molecule has 0 aliphatic carbocycles. The lowest BCUT2D eigenvalue weighted by atomic mass is 10.0. The van der Waals surface area contributed by atoms with Gasteiger partial charge in [-0.1, -0.05) is 42.0 Å². The Morgan fingerprint density at radius 1 is 1.06 bits per heavy atom. The number of thiophene rings is 1. The maximum Gasteiger partial charge on any atom is 0.347 e. The molecule has 1 aliphatic rings. The van der Waals surface area contributed by atoms with Crippen LogP contribution in [0.1, 0.15) is 23.4 Å². The predicted octanol–water partition coefficient (Wildman–Crippen LogP) is 4.87. The first-order chi connectivity index (χ1) is 14.9. The van der Waals surface area contributed by atoms with Crippen molar-refractivity contribution in [3.8, 4) is 11.1 Å². The molecule has 0 spiro atoms. The van der Waals surface area contributed by atoms with Crippen LogP contribution in [-0.4, -0.2) is 18.7 Å². The lowest BCUT2D eigenvalue weighted by Crippen LogP contribution is -2.40. The Bertz CT molecular complexity index is 1370. The summed E-state index contributed by atoms with van der Waals surface area (Å²) in [5.41, 5.74) is 7.03. The molecule has 2 aromatic heterocycles. The van der Waals surface area contributed by atoms with Crippen LogP contribution < -0.4 is 15.0 Å². The van der Waals surface area contributed by atoms with E-state index in [9.17, 15) is 4.79 Å². The Morgan fingerprint density at radius 3 is 2.45 bits per heavy atom. The van der Waals surface area contributed by atoms with E-state index in [1.165, 1.54) is 16.8 Å². The predicted molar refractivity (Wildman–Crippen MR) is 131 cm³/mol. The van der Waals surface area contributed by atoms with Crippen LogP contribution in [0.15, 0.2) is 58.7 Å². The molecule has 156 valence electrons. The van der Waals surface area contributed by atoms with E-state index in [0.29, 0.717) is 0 Å². The number of rotatable bonds is 3. The molecule has 0 amide bonds. The Hall–Kier alpha value is -3.18. The monoisotopic (exact) mass is 428 g/mol. The number of hydrogen-bond donors (Lipinski definition) is 0. The topological polar surface area (TPSA) is 29.1 Å². The second-order valence-corrected chi connectivity index (χ2v) is 9.30. The molecule has 31 heavy (non-hydrogen) atoms. The quantitative estimate of drug-likeness (QED) is 0.436. The van der Waals surface area contributed by atoms with Crippen LogP contribution in [0.5, 0.6) is 0 Å². The van der Waals surface area contributed by atoms with Crippen molar-refractivity contribution < 1.29 is 4.57 Å². The van der Waals surface area contributed by atoms with Crippen LogP contribution in [0.4, 0.5) is 5.69 Å². The maximum absolute atomic E-state index is 13.5. The average molecular weight is 429 g/mol. The Balaban J connectivity index is 1.64. The second-order valence-electron chi connectivity index (χ2n) is 8.44. The van der Waals surface area contributed by atoms with Crippen molar-refractivity contribution in [1.29, 1.82) is 0 Å². The summed E-state index contributed by atoms with van der Waals surface area (Å²) in [7, 11) is 6.17. The van der Waals surface area contributed by atoms with Gasteiger partial charge in [0.15, 0.2) is 4.83 Å². The lowest BCUT2D eigenvalue weighted by Gasteiger charge is -2.12. The lowest BCUT2D eigenvalue weighted by molar-refractivity contribution is -0.649. The first kappa shape index (κ1) is 19.8. The van der Waals surface area contributed by atoms with Gasteiger partial charge in [0, 0.05) is 42.7 Å². The fourth-order valence-corrected chi connectivity index (χ4v) is 5.45. The Kier molecular flexibility index (Phi) is 4.78. The van der Waals surface area contributed by atoms with Crippen molar-refractivity contribution in [2.45, 2.75) is 19.9 Å². The summed E-state index contributed by atoms with van der Waals surface area (Å²) >= 11 is 1.65. The minimum absolute atomic E-state index is 0.117. The number of aryl methyl sites for hydroxylation is 2. The number of anilines is 1. The van der Waals surface area contributed by atoms with Gasteiger partial charge < -0.3 is 4.90 Å². The van der Waals surface area contributed by atoms with E-state index >= 15 is 0 Å². The first-order valence-electron chi connectivity index (χ1n) is 10.5. The van der Waals surface area contributed by atoms with E-state index in [2.05, 4.69) is 83.4 Å². The number of aromatic nitrogens is 2. The van der Waals surface area contributed by atoms with E-state index in [1.807, 2.05) is 18.7 Å². The van der Waals surface area contributed by atoms with Crippen molar-refractivity contribution in [2.24, 2.45) is 7.05 Å². The molecule has 1 aliphatic heterocycles. The molecule has 0 unspecified atom stereocenters. The minimum atomic E-state index is 0.117. The molecule has 0 bridgehead atoms. The molecule has 2 aromatic carbocycles. The zero-order valence-corrected chi connectivity index (χ0v) is 19.2. The van der Waals surface area contributed by atoms with E-state index in [4.69, 9.17) is 0 Å². The molecule has 0 saturated carbocycles. The van der Waals surface area contributed by atoms with Gasteiger partial charge in [0.2, 0.25) is 0 Å². The summed E-state index contributed by atoms with van der Waals surface area (Å²) in [6.07, 6.45) is 3.09. The molecule has 3 heterocycles. The highest BCUT2D eigenvalue weighted by molar-refractivity contribution is 7.16. The molecular formula is C26H26N3OS+. The van der Waals surface area contributed by atoms with Crippen LogP contribution in [0, 0.1) is 6.92 Å². The van der Waals surface area contributed by atoms with E-state index < -0.39 is 0 Å². The molecule has 5 heteroatoms. The van der Waals surface area contributed by atoms with Crippen molar-refractivity contribution in [3.63, 3.8) is 0 Å². The fraction of sp³-hybridized carbons (Fsp3) is 0.231. The van der Waals surface area contributed by atoms with Gasteiger partial charge in [-0.05, 0) is 36.3 Å². The molecule has 0 N–H and O–H groups in total. The van der Waals surface area contributed by atoms with Gasteiger partial charge in [0.1, 0.15) is 5.39 Å². The largest absolute Gasteiger partial charge is 0.378 e. The number of hydrogen-bond acceptors (Lipinski definition) is 3. The molecule has 4 nitrogen and oxygen atoms in total. The number of allylic oxidation sites excluding steroid dienone is 1. The van der Waals surface area contributed by atoms with Gasteiger partial charge in [-0.3, -0.25) is 0 Å². The van der Waals surface area contributed by atoms with Gasteiger partial charge in [0.05, 0.1) is 13.6 Å². The Morgan fingerprint density at radius 2 is 1.77 bits per heavy atom. The van der Waals surface area contributed by atoms with Crippen LogP contribution in [0.3, 0.4) is 0 Å². The smallest absolute Gasteiger partial charge is 0.347 e. The van der Waals surface area contributed by atoms with Crippen molar-refractivity contribution in [3.05, 3.63) is 81.2 Å². The highest BCUT2D eigenvalue weighted by Gasteiger charge is 2.32. The van der Waals surface area contributed by atoms with Crippen LogP contribution in [0.2, 0.25) is 0 Å². The third-order valence-electron chi connectivity index (χ3n) is 6.11. The van der Waals surface area contributed by atoms with Crippen LogP contribution in [0.25, 0.3) is 33.0 Å². The maximum atomic E-state index is 13.5. The summed E-state index contributed by atoms with van der Waals surface area (Å²) in [6.45, 7) is 2.81. The minimum Gasteiger partial charge on any atom is -0.378 e. The molecule has 0 atom stereocenters. The van der Waals surface area contributed by atoms with Crippen LogP contribution in [-0.2, 0) is 13.6 Å². The third-order valence-corrected chi connectivity index (χ3v) is 7.17. The van der Waals surface area contributed by atoms with Gasteiger partial charge in [-0.15, -0.1) is 11.3 Å². The highest BCUT2D eigenvalue weighted by Crippen LogP contribution is 2.33. The fourth-order valence-electron chi connectivity index (χ4n) is 4.40. The molecule has 0 radical (unpaired) electrons. The summed E-state index contributed by atoms with van der Waals surface area (Å²) < 4.78 is 4.15. The normalized spacial score (nSPS) is 14.4. The van der Waals surface area contributed by atoms with Crippen molar-refractivity contribution in [1.82, 2.24) is 4.57 Å². The SMILES string of the molecule is Cc1ccc(-c2csc3c2c(=O)n2c([n+]3C)/C(=C/c3ccc(N(C)C)cc3)CC2)cc1. The summed E-state index contributed by atoms with van der Waals surface area (Å²) in [6, 6.07) is 17.0. The zero-order chi connectivity index (χ0) is 21.7. The molecule has 0 fully saturated rings. The number of nitrogens with zero attached hydrogens (tertiary/aromatic N) is 3. The van der Waals surface area contributed by atoms with Gasteiger partial charge >= 0.3 is 5.56 Å². The van der Waals surface area contributed by atoms with Gasteiger partial charge in [0.25, 0.3) is 5.82 Å². The highest BCUT2D eigenvalue weighted by atomic mass is 32.1. The van der Waals surface area contributed by atoms with Crippen molar-refractivity contribution in [2.75, 3.05) is 19.0 Å². The van der Waals surface area contributed by atoms with Gasteiger partial charge in [-0.25, -0.2) is 9.36 Å². The Labute approximate surface area is 186 Å². The van der Waals surface area contributed by atoms with Crippen LogP contribution >= 0.6 is 11.3 Å². The summed E-state index contributed by atoms with van der Waals surface area (Å²) in [5.74, 6) is 1.02. The number of fused-ring (bicyclic) bond motifs is 2. The molecule has 4 aromatic rings. The standard InChI is InChI=1S/C26H26N3OS/c1-17-5-9-19(10-6-17)22-16-31-26-23(22)25(30)29-14-13-20(24(29)28(26)4)15-18-7-11-21(12-8-18)27(2)3/h5-12,15-16H,13-14H2,1-4H3/q+1. The van der Waals surface area contributed by atoms with E-state index in [-0.39, 0.29) is 5.56 Å². The summed E-state index contributed by atoms with van der Waals surface area (Å²) in [4.78, 5) is 16.7. The van der Waals surface area contributed by atoms with Gasteiger partial charge in [-0.2, -0.15) is 4.57 Å². The number of benzene rings is 2. The molecule has 0 saturated heterocycles. The third kappa shape index (κ3) is 3.29. The first-order valence-corrected chi connectivity index (χ1v) is 11.4. The second kappa shape index (κ2) is 7.50. The molecule has 5 rings (SSSR count). The molecular weight excluding hydrogens is 402 g/mol. The van der Waals surface area contributed by atoms with E-state index in [0.717, 1.165) is 45.7 Å². The average Bonchev–Trinajstić information content (AvgIpc) is 3.39.